The van der Waals surface area contributed by atoms with Gasteiger partial charge < -0.3 is 0 Å². The predicted molar refractivity (Wildman–Crippen MR) is 157 cm³/mol. The molecular weight excluding hydrogens is 482 g/mol. The van der Waals surface area contributed by atoms with E-state index in [-0.39, 0.29) is 17.6 Å². The maximum atomic E-state index is 13.0. The fourth-order valence-electron chi connectivity index (χ4n) is 5.78. The van der Waals surface area contributed by atoms with E-state index in [1.54, 1.807) is 4.57 Å². The van der Waals surface area contributed by atoms with E-state index in [4.69, 9.17) is 9.98 Å². The summed E-state index contributed by atoms with van der Waals surface area (Å²) in [6.45, 7) is 8.00. The molecular formula is C34H29N3O2. The minimum absolute atomic E-state index is 0.0229. The van der Waals surface area contributed by atoms with Gasteiger partial charge in [0.15, 0.2) is 5.78 Å². The number of hydrogen-bond acceptors (Lipinski definition) is 4. The minimum Gasteiger partial charge on any atom is -0.293 e. The third-order valence-electron chi connectivity index (χ3n) is 7.38. The Morgan fingerprint density at radius 2 is 1.36 bits per heavy atom. The highest BCUT2D eigenvalue weighted by atomic mass is 16.2. The number of hydrogen-bond donors (Lipinski definition) is 0. The zero-order chi connectivity index (χ0) is 27.3. The molecule has 0 N–H and O–H groups in total. The number of fused-ring (bicyclic) bond motifs is 10. The second kappa shape index (κ2) is 9.59. The first-order valence-electron chi connectivity index (χ1n) is 13.7. The van der Waals surface area contributed by atoms with E-state index < -0.39 is 0 Å². The molecule has 0 saturated carbocycles. The molecule has 8 rings (SSSR count). The molecule has 0 fully saturated rings. The number of carbonyl (C=O) groups excluding carboxylic acids is 2. The number of aromatic nitrogens is 2. The quantitative estimate of drug-likeness (QED) is 0.239. The molecule has 0 radical (unpaired) electrons. The van der Waals surface area contributed by atoms with Crippen LogP contribution < -0.4 is 0 Å². The highest BCUT2D eigenvalue weighted by Gasteiger charge is 2.41. The summed E-state index contributed by atoms with van der Waals surface area (Å²) < 4.78 is 1.71. The molecule has 5 aromatic rings. The first-order valence-corrected chi connectivity index (χ1v) is 13.7. The van der Waals surface area contributed by atoms with Crippen LogP contribution >= 0.6 is 0 Å². The van der Waals surface area contributed by atoms with Crippen molar-refractivity contribution >= 4 is 34.1 Å². The molecule has 1 unspecified atom stereocenters. The monoisotopic (exact) mass is 511 g/mol. The Labute approximate surface area is 227 Å². The van der Waals surface area contributed by atoms with Crippen LogP contribution in [0.2, 0.25) is 0 Å². The second-order valence-electron chi connectivity index (χ2n) is 9.35. The predicted octanol–water partition coefficient (Wildman–Crippen LogP) is 7.76. The Morgan fingerprint density at radius 1 is 0.718 bits per heavy atom. The number of ketones is 1. The van der Waals surface area contributed by atoms with Gasteiger partial charge in [0.1, 0.15) is 5.82 Å². The van der Waals surface area contributed by atoms with E-state index >= 15 is 0 Å². The van der Waals surface area contributed by atoms with E-state index in [0.717, 1.165) is 62.2 Å². The van der Waals surface area contributed by atoms with Gasteiger partial charge in [0.2, 0.25) is 0 Å². The summed E-state index contributed by atoms with van der Waals surface area (Å²) in [4.78, 5) is 35.6. The molecule has 4 aromatic carbocycles. The topological polar surface area (TPSA) is 64.3 Å². The van der Waals surface area contributed by atoms with Crippen molar-refractivity contribution in [1.29, 1.82) is 0 Å². The zero-order valence-corrected chi connectivity index (χ0v) is 22.5. The molecule has 192 valence electrons. The van der Waals surface area contributed by atoms with Gasteiger partial charge in [-0.25, -0.2) is 4.98 Å². The van der Waals surface area contributed by atoms with Crippen molar-refractivity contribution in [3.8, 4) is 11.4 Å². The van der Waals surface area contributed by atoms with Crippen LogP contribution in [0.4, 0.5) is 5.69 Å². The minimum atomic E-state index is -0.277. The maximum absolute atomic E-state index is 13.0. The highest BCUT2D eigenvalue weighted by molar-refractivity contribution is 6.33. The van der Waals surface area contributed by atoms with E-state index in [2.05, 4.69) is 30.3 Å². The van der Waals surface area contributed by atoms with Crippen molar-refractivity contribution < 1.29 is 9.59 Å². The standard InChI is InChI=1S/C30H17N3O2.2C2H6/c34-28-19-6-2-1-5-18(19)27-26(28)22-11-9-16(14-23(22)31-27)13-17-10-12-25-24(15-17)32-29-20-7-3-4-8-21(20)30(35)33(25)29;2*1-2/h1-12,14-15,26H,13H2;2*1-2H3. The van der Waals surface area contributed by atoms with Gasteiger partial charge in [0.25, 0.3) is 5.91 Å². The fraction of sp³-hybridized carbons (Fsp3) is 0.176. The van der Waals surface area contributed by atoms with Crippen LogP contribution in [0.25, 0.3) is 22.4 Å². The lowest BCUT2D eigenvalue weighted by molar-refractivity contribution is 0.0970. The smallest absolute Gasteiger partial charge is 0.264 e. The Hall–Kier alpha value is -4.64. The summed E-state index contributed by atoms with van der Waals surface area (Å²) in [6, 6.07) is 27.7. The van der Waals surface area contributed by atoms with E-state index in [9.17, 15) is 9.59 Å². The van der Waals surface area contributed by atoms with Gasteiger partial charge >= 0.3 is 0 Å². The van der Waals surface area contributed by atoms with Crippen molar-refractivity contribution in [2.45, 2.75) is 40.0 Å². The van der Waals surface area contributed by atoms with Crippen LogP contribution in [0.1, 0.15) is 76.6 Å². The van der Waals surface area contributed by atoms with Gasteiger partial charge in [0.05, 0.1) is 33.9 Å². The molecule has 5 nitrogen and oxygen atoms in total. The number of aliphatic imine (C=N–C) groups is 1. The SMILES string of the molecule is CC.CC.O=C1c2ccccc2C2=Nc3cc(Cc4ccc5c(c4)nc4n5C(=O)c5ccccc5-4)ccc3C12. The summed E-state index contributed by atoms with van der Waals surface area (Å²) in [7, 11) is 0. The number of imidazole rings is 1. The number of benzene rings is 4. The Bertz CT molecular complexity index is 1830. The molecule has 0 saturated heterocycles. The van der Waals surface area contributed by atoms with Gasteiger partial charge in [-0.3, -0.25) is 19.1 Å². The van der Waals surface area contributed by atoms with Crippen molar-refractivity contribution in [3.05, 3.63) is 118 Å². The molecule has 0 spiro atoms. The molecule has 0 amide bonds. The summed E-state index contributed by atoms with van der Waals surface area (Å²) in [5.74, 6) is 0.550. The highest BCUT2D eigenvalue weighted by Crippen LogP contribution is 2.45. The van der Waals surface area contributed by atoms with E-state index in [0.29, 0.717) is 11.4 Å². The summed E-state index contributed by atoms with van der Waals surface area (Å²) in [5, 5.41) is 0. The van der Waals surface area contributed by atoms with Crippen LogP contribution in [-0.4, -0.2) is 27.0 Å². The second-order valence-corrected chi connectivity index (χ2v) is 9.35. The molecule has 5 heteroatoms. The molecule has 0 bridgehead atoms. The summed E-state index contributed by atoms with van der Waals surface area (Å²) in [6.07, 6.45) is 0.718. The average Bonchev–Trinajstić information content (AvgIpc) is 3.70. The van der Waals surface area contributed by atoms with Crippen molar-refractivity contribution in [2.24, 2.45) is 4.99 Å². The Kier molecular flexibility index (Phi) is 6.07. The number of rotatable bonds is 2. The van der Waals surface area contributed by atoms with Crippen LogP contribution in [0.15, 0.2) is 89.9 Å². The average molecular weight is 512 g/mol. The molecule has 3 heterocycles. The normalized spacial score (nSPS) is 15.3. The molecule has 1 atom stereocenters. The van der Waals surface area contributed by atoms with Crippen LogP contribution in [0.5, 0.6) is 0 Å². The van der Waals surface area contributed by atoms with Crippen molar-refractivity contribution in [1.82, 2.24) is 9.55 Å². The zero-order valence-electron chi connectivity index (χ0n) is 22.5. The number of Topliss-reactive ketones (excluding diaryl/α,β-unsaturated/α-hetero) is 1. The van der Waals surface area contributed by atoms with Crippen LogP contribution in [0, 0.1) is 0 Å². The largest absolute Gasteiger partial charge is 0.293 e. The van der Waals surface area contributed by atoms with Gasteiger partial charge in [0, 0.05) is 16.7 Å². The first kappa shape index (κ1) is 24.7. The maximum Gasteiger partial charge on any atom is 0.264 e. The first-order chi connectivity index (χ1) is 19.2. The van der Waals surface area contributed by atoms with Crippen LogP contribution in [0.3, 0.4) is 0 Å². The van der Waals surface area contributed by atoms with Gasteiger partial charge in [-0.2, -0.15) is 0 Å². The lowest BCUT2D eigenvalue weighted by atomic mass is 9.93. The van der Waals surface area contributed by atoms with Crippen molar-refractivity contribution in [3.63, 3.8) is 0 Å². The van der Waals surface area contributed by atoms with Gasteiger partial charge in [-0.05, 0) is 47.4 Å². The fourth-order valence-corrected chi connectivity index (χ4v) is 5.78. The molecule has 1 aromatic heterocycles. The third-order valence-corrected chi connectivity index (χ3v) is 7.38. The molecule has 3 aliphatic rings. The third kappa shape index (κ3) is 3.61. The van der Waals surface area contributed by atoms with Gasteiger partial charge in [-0.15, -0.1) is 0 Å². The summed E-state index contributed by atoms with van der Waals surface area (Å²) in [5.41, 5.74) is 9.94. The molecule has 1 aliphatic carbocycles. The number of nitrogens with zero attached hydrogens (tertiary/aromatic N) is 3. The molecule has 39 heavy (non-hydrogen) atoms. The number of carbonyl (C=O) groups is 2. The molecule has 2 aliphatic heterocycles. The van der Waals surface area contributed by atoms with Crippen LogP contribution in [-0.2, 0) is 6.42 Å². The lowest BCUT2D eigenvalue weighted by Gasteiger charge is -2.08. The van der Waals surface area contributed by atoms with Gasteiger partial charge in [-0.1, -0.05) is 88.4 Å². The lowest BCUT2D eigenvalue weighted by Crippen LogP contribution is -2.09. The Morgan fingerprint density at radius 3 is 2.13 bits per heavy atom. The van der Waals surface area contributed by atoms with E-state index in [1.807, 2.05) is 82.3 Å². The Balaban J connectivity index is 0.000000663. The van der Waals surface area contributed by atoms with E-state index in [1.165, 1.54) is 0 Å². The van der Waals surface area contributed by atoms with Crippen molar-refractivity contribution in [2.75, 3.05) is 0 Å². The summed E-state index contributed by atoms with van der Waals surface area (Å²) >= 11 is 0.